The van der Waals surface area contributed by atoms with Gasteiger partial charge in [-0.1, -0.05) is 60.8 Å². The second kappa shape index (κ2) is 11.9. The summed E-state index contributed by atoms with van der Waals surface area (Å²) in [6.45, 7) is 11.6. The Morgan fingerprint density at radius 3 is 2.59 bits per heavy atom. The average Bonchev–Trinajstić information content (AvgIpc) is 3.41. The molecule has 0 radical (unpaired) electrons. The van der Waals surface area contributed by atoms with Gasteiger partial charge in [0.05, 0.1) is 22.8 Å². The first-order valence-electron chi connectivity index (χ1n) is 14.6. The third-order valence-corrected chi connectivity index (χ3v) is 10.6. The lowest BCUT2D eigenvalue weighted by Crippen LogP contribution is -2.49. The lowest BCUT2D eigenvalue weighted by Gasteiger charge is -2.37. The summed E-state index contributed by atoms with van der Waals surface area (Å²) in [6, 6.07) is 23.4. The van der Waals surface area contributed by atoms with Crippen molar-refractivity contribution in [2.75, 3.05) is 0 Å². The van der Waals surface area contributed by atoms with E-state index in [9.17, 15) is 10.4 Å². The molecule has 1 N–H and O–H groups in total. The molecule has 5 aromatic rings. The molecule has 3 heterocycles. The van der Waals surface area contributed by atoms with Crippen LogP contribution >= 0.6 is 23.1 Å². The third-order valence-electron chi connectivity index (χ3n) is 8.41. The van der Waals surface area contributed by atoms with E-state index in [1.807, 2.05) is 50.4 Å². The van der Waals surface area contributed by atoms with Crippen LogP contribution in [-0.4, -0.2) is 28.8 Å². The molecule has 0 amide bonds. The quantitative estimate of drug-likeness (QED) is 0.195. The number of hydrogen-bond donors (Lipinski definition) is 1. The zero-order chi connectivity index (χ0) is 31.1. The number of aromatic nitrogens is 1. The summed E-state index contributed by atoms with van der Waals surface area (Å²) in [5.41, 5.74) is 5.03. The Morgan fingerprint density at radius 1 is 0.977 bits per heavy atom. The number of pyridine rings is 1. The number of hydrogen-bond acceptors (Lipinski definition) is 6. The molecule has 3 aromatic carbocycles. The molecule has 44 heavy (non-hydrogen) atoms. The summed E-state index contributed by atoms with van der Waals surface area (Å²) in [5.74, 6) is 0. The van der Waals surface area contributed by atoms with Crippen molar-refractivity contribution in [1.82, 2.24) is 4.98 Å². The summed E-state index contributed by atoms with van der Waals surface area (Å²) in [7, 11) is 0.283. The molecule has 0 bridgehead atoms. The van der Waals surface area contributed by atoms with Gasteiger partial charge in [-0.2, -0.15) is 5.26 Å². The first kappa shape index (κ1) is 30.1. The minimum absolute atomic E-state index is 0.283. The molecule has 218 valence electrons. The molecule has 0 spiro atoms. The van der Waals surface area contributed by atoms with E-state index in [0.717, 1.165) is 59.3 Å². The van der Waals surface area contributed by atoms with E-state index in [0.29, 0.717) is 5.56 Å². The lowest BCUT2D eigenvalue weighted by molar-refractivity contribution is -0.0893. The van der Waals surface area contributed by atoms with Gasteiger partial charge in [0.25, 0.3) is 0 Å². The van der Waals surface area contributed by atoms with Crippen LogP contribution in [-0.2, 0) is 11.1 Å². The van der Waals surface area contributed by atoms with Gasteiger partial charge in [-0.05, 0) is 104 Å². The van der Waals surface area contributed by atoms with E-state index < -0.39 is 11.2 Å². The number of benzene rings is 3. The molecule has 1 aliphatic rings. The first-order chi connectivity index (χ1) is 21.0. The zero-order valence-corrected chi connectivity index (χ0v) is 27.0. The third kappa shape index (κ3) is 5.91. The van der Waals surface area contributed by atoms with Crippen LogP contribution in [0.25, 0.3) is 42.4 Å². The van der Waals surface area contributed by atoms with E-state index in [1.54, 1.807) is 36.9 Å². The molecule has 6 rings (SSSR count). The second-order valence-electron chi connectivity index (χ2n) is 12.1. The maximum absolute atomic E-state index is 10.6. The Balaban J connectivity index is 1.46. The van der Waals surface area contributed by atoms with Crippen LogP contribution in [0.5, 0.6) is 0 Å². The summed E-state index contributed by atoms with van der Waals surface area (Å²) < 4.78 is 8.53. The fourth-order valence-corrected chi connectivity index (χ4v) is 7.30. The van der Waals surface area contributed by atoms with Crippen LogP contribution in [0.4, 0.5) is 0 Å². The molecule has 0 fully saturated rings. The highest BCUT2D eigenvalue weighted by Gasteiger charge is 2.36. The van der Waals surface area contributed by atoms with Crippen LogP contribution in [0.1, 0.15) is 38.8 Å². The summed E-state index contributed by atoms with van der Waals surface area (Å²) >= 11 is 3.40. The van der Waals surface area contributed by atoms with Crippen LogP contribution in [0.2, 0.25) is 0 Å². The minimum atomic E-state index is -1.01. The van der Waals surface area contributed by atoms with E-state index in [4.69, 9.17) is 9.64 Å². The fraction of sp³-hybridized carbons (Fsp3) is 0.189. The average molecular weight is 613 g/mol. The molecule has 4 nitrogen and oxygen atoms in total. The van der Waals surface area contributed by atoms with E-state index in [-0.39, 0.29) is 7.48 Å². The Kier molecular flexibility index (Phi) is 8.13. The van der Waals surface area contributed by atoms with Gasteiger partial charge in [0, 0.05) is 41.8 Å². The van der Waals surface area contributed by atoms with Crippen LogP contribution in [0.15, 0.2) is 108 Å². The van der Waals surface area contributed by atoms with Gasteiger partial charge in [-0.3, -0.25) is 4.98 Å². The maximum atomic E-state index is 10.6. The number of rotatable bonds is 6. The van der Waals surface area contributed by atoms with Crippen molar-refractivity contribution >= 4 is 56.3 Å². The van der Waals surface area contributed by atoms with Crippen LogP contribution in [0, 0.1) is 11.3 Å². The van der Waals surface area contributed by atoms with Gasteiger partial charge in [-0.15, -0.1) is 11.3 Å². The molecule has 1 aliphatic heterocycles. The predicted molar refractivity (Wildman–Crippen MR) is 188 cm³/mol. The number of nitrogens with zero attached hydrogens (tertiary/aromatic N) is 2. The second-order valence-corrected chi connectivity index (χ2v) is 14.3. The maximum Gasteiger partial charge on any atom is 0.330 e. The van der Waals surface area contributed by atoms with Crippen molar-refractivity contribution in [3.8, 4) is 28.3 Å². The van der Waals surface area contributed by atoms with E-state index in [1.165, 1.54) is 10.5 Å². The van der Waals surface area contributed by atoms with Gasteiger partial charge in [0.15, 0.2) is 0 Å². The molecule has 0 aliphatic carbocycles. The van der Waals surface area contributed by atoms with Gasteiger partial charge in [0.1, 0.15) is 0 Å². The fourth-order valence-electron chi connectivity index (χ4n) is 5.21. The van der Waals surface area contributed by atoms with Crippen molar-refractivity contribution in [1.29, 1.82) is 5.26 Å². The van der Waals surface area contributed by atoms with E-state index in [2.05, 4.69) is 67.3 Å². The molecule has 0 unspecified atom stereocenters. The summed E-state index contributed by atoms with van der Waals surface area (Å²) in [6.07, 6.45) is 10.9. The van der Waals surface area contributed by atoms with Crippen LogP contribution < -0.4 is 5.59 Å². The molecular formula is C37H33BN2O2S2. The normalized spacial score (nSPS) is 15.2. The lowest BCUT2D eigenvalue weighted by atomic mass is 9.83. The highest BCUT2D eigenvalue weighted by molar-refractivity contribution is 8.03. The first-order valence-corrected chi connectivity index (χ1v) is 16.2. The largest absolute Gasteiger partial charge is 0.425 e. The Labute approximate surface area is 267 Å². The highest BCUT2D eigenvalue weighted by Crippen LogP contribution is 2.41. The molecular weight excluding hydrogens is 579 g/mol. The number of aliphatic hydroxyl groups is 1. The molecule has 0 atom stereocenters. The van der Waals surface area contributed by atoms with Crippen LogP contribution in [0.3, 0.4) is 0 Å². The highest BCUT2D eigenvalue weighted by atomic mass is 32.2. The molecule has 2 aromatic heterocycles. The number of allylic oxidation sites excluding steroid dienone is 4. The number of fused-ring (bicyclic) bond motifs is 4. The topological polar surface area (TPSA) is 66.1 Å². The number of thiophene rings is 1. The standard InChI is InChI=1S/C37H33BN2O2S2/c1-23-10-7-6-8-11-25-12-9-13-29(34(25)43-23)28-19-24(22-39)18-27(20-28)26-14-15-31-30(21-26)33-32(44-31)16-17-40-35(33)38-42-37(4,5)36(2,3)41/h6-10,12-21,38,41H,1,11H2,2-5H3/b8-6-,10-7-. The molecule has 0 saturated heterocycles. The SMILES string of the molecule is C=C1/C=C\C=C/Cc2cccc(-c3cc(C#N)cc(-c4ccc5sc6ccnc(BOC(C)(C)C(C)(C)O)c6c5c4)c3)c2S1. The monoisotopic (exact) mass is 612 g/mol. The smallest absolute Gasteiger partial charge is 0.330 e. The summed E-state index contributed by atoms with van der Waals surface area (Å²) in [5, 5.41) is 22.8. The summed E-state index contributed by atoms with van der Waals surface area (Å²) in [4.78, 5) is 6.84. The van der Waals surface area contributed by atoms with Crippen molar-refractivity contribution in [3.05, 3.63) is 114 Å². The Morgan fingerprint density at radius 2 is 1.80 bits per heavy atom. The van der Waals surface area contributed by atoms with Gasteiger partial charge in [0.2, 0.25) is 0 Å². The van der Waals surface area contributed by atoms with Crippen molar-refractivity contribution in [2.24, 2.45) is 0 Å². The Hall–Kier alpha value is -3.93. The van der Waals surface area contributed by atoms with Gasteiger partial charge < -0.3 is 9.76 Å². The minimum Gasteiger partial charge on any atom is -0.425 e. The van der Waals surface area contributed by atoms with Crippen molar-refractivity contribution < 1.29 is 9.76 Å². The van der Waals surface area contributed by atoms with E-state index >= 15 is 0 Å². The van der Waals surface area contributed by atoms with Crippen molar-refractivity contribution in [3.63, 3.8) is 0 Å². The number of thioether (sulfide) groups is 1. The predicted octanol–water partition coefficient (Wildman–Crippen LogP) is 8.47. The van der Waals surface area contributed by atoms with Gasteiger partial charge in [-0.25, -0.2) is 0 Å². The molecule has 7 heteroatoms. The van der Waals surface area contributed by atoms with Gasteiger partial charge >= 0.3 is 7.48 Å². The number of nitriles is 1. The Bertz CT molecular complexity index is 2030. The molecule has 0 saturated carbocycles. The zero-order valence-electron chi connectivity index (χ0n) is 25.3. The van der Waals surface area contributed by atoms with Crippen molar-refractivity contribution in [2.45, 2.75) is 50.2 Å².